The first kappa shape index (κ1) is 24.3. The van der Waals surface area contributed by atoms with Gasteiger partial charge in [0.2, 0.25) is 0 Å². The standard InChI is InChI=1S/C23H27F2N5O3S/c1-14-10-26-22(27-11-14)15(2)16(3)34(31,32)13-20-28-29-23(17-6-5-9-33-12-17)30(20)21-18(24)7-4-8-19(21)25/h4,7-8,10-11,15-17H,5-6,9,12-13H2,1-3H3/t15-,16-,17-/m0/s1. The van der Waals surface area contributed by atoms with Crippen LogP contribution in [0.5, 0.6) is 0 Å². The summed E-state index contributed by atoms with van der Waals surface area (Å²) in [5.74, 6) is -2.31. The highest BCUT2D eigenvalue weighted by molar-refractivity contribution is 7.91. The van der Waals surface area contributed by atoms with E-state index in [1.54, 1.807) is 26.2 Å². The van der Waals surface area contributed by atoms with Crippen LogP contribution in [0.1, 0.15) is 61.6 Å². The summed E-state index contributed by atoms with van der Waals surface area (Å²) in [5, 5.41) is 7.37. The van der Waals surface area contributed by atoms with Crippen LogP contribution < -0.4 is 0 Å². The Kier molecular flexibility index (Phi) is 7.04. The maximum atomic E-state index is 14.8. The molecule has 0 aliphatic carbocycles. The zero-order valence-corrected chi connectivity index (χ0v) is 20.1. The highest BCUT2D eigenvalue weighted by atomic mass is 32.2. The quantitative estimate of drug-likeness (QED) is 0.497. The zero-order chi connectivity index (χ0) is 24.5. The minimum atomic E-state index is -3.82. The molecule has 1 fully saturated rings. The highest BCUT2D eigenvalue weighted by Gasteiger charge is 2.34. The van der Waals surface area contributed by atoms with Crippen molar-refractivity contribution in [1.29, 1.82) is 0 Å². The fraction of sp³-hybridized carbons (Fsp3) is 0.478. The molecule has 0 spiro atoms. The highest BCUT2D eigenvalue weighted by Crippen LogP contribution is 2.31. The molecular weight excluding hydrogens is 464 g/mol. The number of rotatable bonds is 7. The second kappa shape index (κ2) is 9.83. The van der Waals surface area contributed by atoms with Crippen molar-refractivity contribution in [3.63, 3.8) is 0 Å². The van der Waals surface area contributed by atoms with Crippen LogP contribution in [0, 0.1) is 18.6 Å². The second-order valence-corrected chi connectivity index (χ2v) is 11.1. The van der Waals surface area contributed by atoms with Crippen molar-refractivity contribution in [1.82, 2.24) is 24.7 Å². The summed E-state index contributed by atoms with van der Waals surface area (Å²) in [4.78, 5) is 8.50. The molecule has 11 heteroatoms. The van der Waals surface area contributed by atoms with E-state index in [-0.39, 0.29) is 23.3 Å². The van der Waals surface area contributed by atoms with Gasteiger partial charge in [-0.05, 0) is 44.4 Å². The van der Waals surface area contributed by atoms with Gasteiger partial charge in [0, 0.05) is 30.8 Å². The topological polar surface area (TPSA) is 99.9 Å². The summed E-state index contributed by atoms with van der Waals surface area (Å²) in [7, 11) is -3.82. The number of para-hydroxylation sites is 1. The fourth-order valence-corrected chi connectivity index (χ4v) is 5.60. The van der Waals surface area contributed by atoms with Gasteiger partial charge in [0.15, 0.2) is 15.7 Å². The van der Waals surface area contributed by atoms with Gasteiger partial charge in [0.25, 0.3) is 0 Å². The number of sulfone groups is 1. The first-order valence-corrected chi connectivity index (χ1v) is 12.9. The average molecular weight is 492 g/mol. The predicted octanol–water partition coefficient (Wildman–Crippen LogP) is 3.64. The van der Waals surface area contributed by atoms with Crippen LogP contribution in [0.2, 0.25) is 0 Å². The van der Waals surface area contributed by atoms with Crippen molar-refractivity contribution in [2.75, 3.05) is 13.2 Å². The largest absolute Gasteiger partial charge is 0.381 e. The first-order valence-electron chi connectivity index (χ1n) is 11.2. The van der Waals surface area contributed by atoms with Crippen LogP contribution in [0.3, 0.4) is 0 Å². The van der Waals surface area contributed by atoms with Crippen LogP contribution in [0.15, 0.2) is 30.6 Å². The van der Waals surface area contributed by atoms with E-state index in [9.17, 15) is 17.2 Å². The van der Waals surface area contributed by atoms with Gasteiger partial charge in [-0.15, -0.1) is 10.2 Å². The molecule has 1 aromatic carbocycles. The second-order valence-electron chi connectivity index (χ2n) is 8.71. The molecule has 3 heterocycles. The smallest absolute Gasteiger partial charge is 0.160 e. The molecule has 1 saturated heterocycles. The summed E-state index contributed by atoms with van der Waals surface area (Å²) in [5.41, 5.74) is 0.478. The maximum Gasteiger partial charge on any atom is 0.160 e. The lowest BCUT2D eigenvalue weighted by Gasteiger charge is -2.23. The lowest BCUT2D eigenvalue weighted by molar-refractivity contribution is 0.0774. The molecule has 3 atom stereocenters. The Morgan fingerprint density at radius 1 is 1.15 bits per heavy atom. The SMILES string of the molecule is Cc1cnc([C@@H](C)[C@H](C)S(=O)(=O)Cc2nnc([C@H]3CCCOC3)n2-c2c(F)cccc2F)nc1. The number of aromatic nitrogens is 5. The molecule has 1 aliphatic rings. The first-order chi connectivity index (χ1) is 16.2. The van der Waals surface area contributed by atoms with Crippen LogP contribution in [0.25, 0.3) is 5.69 Å². The molecule has 1 aliphatic heterocycles. The minimum absolute atomic E-state index is 0.0477. The van der Waals surface area contributed by atoms with Gasteiger partial charge in [-0.3, -0.25) is 4.57 Å². The molecule has 0 amide bonds. The van der Waals surface area contributed by atoms with E-state index in [0.29, 0.717) is 25.5 Å². The maximum absolute atomic E-state index is 14.8. The van der Waals surface area contributed by atoms with E-state index in [2.05, 4.69) is 20.2 Å². The molecule has 4 rings (SSSR count). The molecule has 34 heavy (non-hydrogen) atoms. The lowest BCUT2D eigenvalue weighted by Crippen LogP contribution is -2.28. The lowest BCUT2D eigenvalue weighted by atomic mass is 10.0. The third-order valence-electron chi connectivity index (χ3n) is 6.25. The van der Waals surface area contributed by atoms with E-state index < -0.39 is 38.4 Å². The van der Waals surface area contributed by atoms with Gasteiger partial charge in [-0.25, -0.2) is 27.2 Å². The number of hydrogen-bond acceptors (Lipinski definition) is 7. The molecule has 0 N–H and O–H groups in total. The van der Waals surface area contributed by atoms with Gasteiger partial charge < -0.3 is 4.74 Å². The van der Waals surface area contributed by atoms with Gasteiger partial charge in [0.05, 0.1) is 11.9 Å². The van der Waals surface area contributed by atoms with E-state index in [1.165, 1.54) is 10.6 Å². The van der Waals surface area contributed by atoms with Crippen molar-refractivity contribution in [2.24, 2.45) is 0 Å². The van der Waals surface area contributed by atoms with Crippen LogP contribution in [-0.2, 0) is 20.3 Å². The van der Waals surface area contributed by atoms with Crippen LogP contribution in [0.4, 0.5) is 8.78 Å². The van der Waals surface area contributed by atoms with E-state index >= 15 is 0 Å². The third kappa shape index (κ3) is 4.85. The third-order valence-corrected chi connectivity index (χ3v) is 8.45. The summed E-state index contributed by atoms with van der Waals surface area (Å²) < 4.78 is 63.1. The Balaban J connectivity index is 1.72. The molecule has 2 aromatic heterocycles. The van der Waals surface area contributed by atoms with Crippen molar-refractivity contribution in [2.45, 2.75) is 56.5 Å². The Bertz CT molecular complexity index is 1240. The summed E-state index contributed by atoms with van der Waals surface area (Å²) >= 11 is 0. The normalized spacial score (nSPS) is 18.6. The molecule has 0 radical (unpaired) electrons. The summed E-state index contributed by atoms with van der Waals surface area (Å²) in [6, 6.07) is 3.50. The number of nitrogens with zero attached hydrogens (tertiary/aromatic N) is 5. The monoisotopic (exact) mass is 491 g/mol. The average Bonchev–Trinajstić information content (AvgIpc) is 3.21. The molecule has 3 aromatic rings. The number of halogens is 2. The number of benzene rings is 1. The van der Waals surface area contributed by atoms with Crippen molar-refractivity contribution < 1.29 is 21.9 Å². The minimum Gasteiger partial charge on any atom is -0.381 e. The van der Waals surface area contributed by atoms with E-state index in [0.717, 1.165) is 24.1 Å². The molecule has 0 unspecified atom stereocenters. The van der Waals surface area contributed by atoms with Gasteiger partial charge in [0.1, 0.15) is 34.7 Å². The Morgan fingerprint density at radius 2 is 1.82 bits per heavy atom. The molecule has 0 saturated carbocycles. The number of ether oxygens (including phenoxy) is 1. The Labute approximate surface area is 197 Å². The summed E-state index contributed by atoms with van der Waals surface area (Å²) in [6.07, 6.45) is 4.72. The zero-order valence-electron chi connectivity index (χ0n) is 19.3. The molecule has 182 valence electrons. The Hall–Kier alpha value is -2.79. The van der Waals surface area contributed by atoms with Gasteiger partial charge >= 0.3 is 0 Å². The van der Waals surface area contributed by atoms with Crippen molar-refractivity contribution in [3.05, 3.63) is 65.3 Å². The summed E-state index contributed by atoms with van der Waals surface area (Å²) in [6.45, 7) is 6.07. The van der Waals surface area contributed by atoms with E-state index in [4.69, 9.17) is 4.74 Å². The van der Waals surface area contributed by atoms with Crippen LogP contribution in [-0.4, -0.2) is 51.6 Å². The van der Waals surface area contributed by atoms with Gasteiger partial charge in [-0.2, -0.15) is 0 Å². The molecule has 8 nitrogen and oxygen atoms in total. The number of hydrogen-bond donors (Lipinski definition) is 0. The van der Waals surface area contributed by atoms with Crippen molar-refractivity contribution in [3.8, 4) is 5.69 Å². The molecule has 0 bridgehead atoms. The van der Waals surface area contributed by atoms with Crippen LogP contribution >= 0.6 is 0 Å². The number of aryl methyl sites for hydroxylation is 1. The van der Waals surface area contributed by atoms with Crippen molar-refractivity contribution >= 4 is 9.84 Å². The van der Waals surface area contributed by atoms with E-state index in [1.807, 2.05) is 6.92 Å². The predicted molar refractivity (Wildman–Crippen MR) is 121 cm³/mol. The fourth-order valence-electron chi connectivity index (χ4n) is 4.05. The van der Waals surface area contributed by atoms with Gasteiger partial charge in [-0.1, -0.05) is 13.0 Å². The Morgan fingerprint density at radius 3 is 2.44 bits per heavy atom. The molecular formula is C23H27F2N5O3S.